The summed E-state index contributed by atoms with van der Waals surface area (Å²) in [7, 11) is 1.80. The Labute approximate surface area is 203 Å². The van der Waals surface area contributed by atoms with Crippen molar-refractivity contribution in [3.05, 3.63) is 47.2 Å². The van der Waals surface area contributed by atoms with Crippen molar-refractivity contribution >= 4 is 34.7 Å². The van der Waals surface area contributed by atoms with Gasteiger partial charge in [0.25, 0.3) is 5.91 Å². The molecule has 0 aliphatic carbocycles. The van der Waals surface area contributed by atoms with Gasteiger partial charge in [0.1, 0.15) is 16.3 Å². The zero-order valence-corrected chi connectivity index (χ0v) is 20.9. The number of aryl methyl sites for hydroxylation is 2. The highest BCUT2D eigenvalue weighted by Gasteiger charge is 2.27. The van der Waals surface area contributed by atoms with E-state index in [2.05, 4.69) is 37.7 Å². The van der Waals surface area contributed by atoms with Crippen LogP contribution in [0, 0.1) is 6.92 Å². The SMILES string of the molecule is Cc1sc(-c2cccc(N3CCC(NC(=O)OC(C)(C)C)C3)c2)nc1C(=O)Nc1cnn(C)c1. The number of carbonyl (C=O) groups is 2. The highest BCUT2D eigenvalue weighted by Crippen LogP contribution is 2.31. The number of anilines is 2. The molecule has 1 aliphatic rings. The molecule has 3 heterocycles. The smallest absolute Gasteiger partial charge is 0.407 e. The Morgan fingerprint density at radius 3 is 2.76 bits per heavy atom. The van der Waals surface area contributed by atoms with Crippen LogP contribution in [-0.4, -0.2) is 51.5 Å². The van der Waals surface area contributed by atoms with Crippen LogP contribution in [0.15, 0.2) is 36.7 Å². The lowest BCUT2D eigenvalue weighted by Crippen LogP contribution is -2.40. The third-order valence-corrected chi connectivity index (χ3v) is 6.36. The van der Waals surface area contributed by atoms with Crippen LogP contribution in [0.25, 0.3) is 10.6 Å². The second-order valence-electron chi connectivity index (χ2n) is 9.41. The van der Waals surface area contributed by atoms with E-state index >= 15 is 0 Å². The fourth-order valence-electron chi connectivity index (χ4n) is 3.83. The van der Waals surface area contributed by atoms with Gasteiger partial charge in [-0.25, -0.2) is 9.78 Å². The minimum absolute atomic E-state index is 0.0309. The van der Waals surface area contributed by atoms with Gasteiger partial charge in [-0.3, -0.25) is 9.48 Å². The Morgan fingerprint density at radius 1 is 1.26 bits per heavy atom. The highest BCUT2D eigenvalue weighted by molar-refractivity contribution is 7.15. The summed E-state index contributed by atoms with van der Waals surface area (Å²) >= 11 is 1.49. The summed E-state index contributed by atoms with van der Waals surface area (Å²) in [5, 5.41) is 10.7. The normalized spacial score (nSPS) is 15.9. The van der Waals surface area contributed by atoms with E-state index < -0.39 is 5.60 Å². The molecule has 3 aromatic rings. The summed E-state index contributed by atoms with van der Waals surface area (Å²) in [6.45, 7) is 9.00. The lowest BCUT2D eigenvalue weighted by Gasteiger charge is -2.22. The van der Waals surface area contributed by atoms with Crippen LogP contribution >= 0.6 is 11.3 Å². The first-order chi connectivity index (χ1) is 16.1. The molecule has 1 aliphatic heterocycles. The number of hydrogen-bond acceptors (Lipinski definition) is 7. The van der Waals surface area contributed by atoms with Gasteiger partial charge in [-0.2, -0.15) is 5.10 Å². The molecule has 0 radical (unpaired) electrons. The van der Waals surface area contributed by atoms with Crippen molar-refractivity contribution < 1.29 is 14.3 Å². The van der Waals surface area contributed by atoms with E-state index in [1.165, 1.54) is 11.3 Å². The van der Waals surface area contributed by atoms with Crippen LogP contribution in [0.3, 0.4) is 0 Å². The van der Waals surface area contributed by atoms with Crippen molar-refractivity contribution in [1.29, 1.82) is 0 Å². The molecule has 1 fully saturated rings. The van der Waals surface area contributed by atoms with E-state index in [-0.39, 0.29) is 18.0 Å². The number of nitrogens with one attached hydrogen (secondary N) is 2. The zero-order chi connectivity index (χ0) is 24.5. The maximum Gasteiger partial charge on any atom is 0.407 e. The van der Waals surface area contributed by atoms with Gasteiger partial charge in [-0.1, -0.05) is 12.1 Å². The third-order valence-electron chi connectivity index (χ3n) is 5.34. The first kappa shape index (κ1) is 23.7. The highest BCUT2D eigenvalue weighted by atomic mass is 32.1. The second-order valence-corrected chi connectivity index (χ2v) is 10.6. The monoisotopic (exact) mass is 482 g/mol. The van der Waals surface area contributed by atoms with E-state index in [1.807, 2.05) is 39.8 Å². The average molecular weight is 483 g/mol. The van der Waals surface area contributed by atoms with Crippen LogP contribution in [0.1, 0.15) is 42.6 Å². The lowest BCUT2D eigenvalue weighted by atomic mass is 10.2. The fourth-order valence-corrected chi connectivity index (χ4v) is 4.74. The summed E-state index contributed by atoms with van der Waals surface area (Å²) in [4.78, 5) is 32.5. The van der Waals surface area contributed by atoms with E-state index in [0.29, 0.717) is 17.9 Å². The Hall–Kier alpha value is -3.40. The van der Waals surface area contributed by atoms with Gasteiger partial charge in [0.2, 0.25) is 0 Å². The molecule has 4 rings (SSSR count). The molecule has 10 heteroatoms. The maximum atomic E-state index is 12.7. The standard InChI is InChI=1S/C24H30N6O3S/c1-15-20(21(31)26-18-12-25-29(5)13-18)28-22(34-15)16-7-6-8-19(11-16)30-10-9-17(14-30)27-23(32)33-24(2,3)4/h6-8,11-13,17H,9-10,14H2,1-5H3,(H,26,31)(H,27,32). The van der Waals surface area contributed by atoms with Crippen LogP contribution < -0.4 is 15.5 Å². The molecular formula is C24H30N6O3S. The number of thiazole rings is 1. The molecule has 0 spiro atoms. The molecular weight excluding hydrogens is 452 g/mol. The van der Waals surface area contributed by atoms with Crippen LogP contribution in [0.2, 0.25) is 0 Å². The van der Waals surface area contributed by atoms with Gasteiger partial charge in [-0.15, -0.1) is 11.3 Å². The summed E-state index contributed by atoms with van der Waals surface area (Å²) in [5.74, 6) is -0.250. The molecule has 9 nitrogen and oxygen atoms in total. The van der Waals surface area contributed by atoms with Crippen LogP contribution in [0.5, 0.6) is 0 Å². The average Bonchev–Trinajstić information content (AvgIpc) is 3.47. The number of amides is 2. The third kappa shape index (κ3) is 5.74. The molecule has 34 heavy (non-hydrogen) atoms. The Balaban J connectivity index is 1.43. The van der Waals surface area contributed by atoms with E-state index in [0.717, 1.165) is 34.1 Å². The van der Waals surface area contributed by atoms with Crippen molar-refractivity contribution in [3.63, 3.8) is 0 Å². The Kier molecular flexibility index (Phi) is 6.60. The van der Waals surface area contributed by atoms with Gasteiger partial charge in [0.15, 0.2) is 0 Å². The summed E-state index contributed by atoms with van der Waals surface area (Å²) in [6.07, 6.45) is 3.80. The van der Waals surface area contributed by atoms with Crippen molar-refractivity contribution in [2.45, 2.75) is 45.8 Å². The largest absolute Gasteiger partial charge is 0.444 e. The Morgan fingerprint density at radius 2 is 2.06 bits per heavy atom. The van der Waals surface area contributed by atoms with E-state index in [4.69, 9.17) is 4.74 Å². The lowest BCUT2D eigenvalue weighted by molar-refractivity contribution is 0.0509. The zero-order valence-electron chi connectivity index (χ0n) is 20.1. The fraction of sp³-hybridized carbons (Fsp3) is 0.417. The van der Waals surface area contributed by atoms with Gasteiger partial charge in [-0.05, 0) is 46.2 Å². The predicted molar refractivity (Wildman–Crippen MR) is 133 cm³/mol. The quantitative estimate of drug-likeness (QED) is 0.565. The van der Waals surface area contributed by atoms with Gasteiger partial charge >= 0.3 is 6.09 Å². The number of nitrogens with zero attached hydrogens (tertiary/aromatic N) is 4. The van der Waals surface area contributed by atoms with Gasteiger partial charge in [0.05, 0.1) is 17.9 Å². The number of ether oxygens (including phenoxy) is 1. The predicted octanol–water partition coefficient (Wildman–Crippen LogP) is 4.21. The van der Waals surface area contributed by atoms with Gasteiger partial charge in [0, 0.05) is 42.5 Å². The van der Waals surface area contributed by atoms with E-state index in [9.17, 15) is 9.59 Å². The maximum absolute atomic E-state index is 12.7. The molecule has 180 valence electrons. The van der Waals surface area contributed by atoms with Crippen molar-refractivity contribution in [2.75, 3.05) is 23.3 Å². The number of aromatic nitrogens is 3. The number of benzene rings is 1. The van der Waals surface area contributed by atoms with Crippen molar-refractivity contribution in [1.82, 2.24) is 20.1 Å². The number of alkyl carbamates (subject to hydrolysis) is 1. The molecule has 0 saturated carbocycles. The molecule has 2 amide bonds. The molecule has 2 aromatic heterocycles. The molecule has 1 aromatic carbocycles. The minimum Gasteiger partial charge on any atom is -0.444 e. The van der Waals surface area contributed by atoms with Crippen molar-refractivity contribution in [2.24, 2.45) is 7.05 Å². The van der Waals surface area contributed by atoms with Crippen LogP contribution in [-0.2, 0) is 11.8 Å². The summed E-state index contributed by atoms with van der Waals surface area (Å²) in [5.41, 5.74) is 2.54. The molecule has 1 saturated heterocycles. The van der Waals surface area contributed by atoms with Crippen molar-refractivity contribution in [3.8, 4) is 10.6 Å². The first-order valence-corrected chi connectivity index (χ1v) is 12.0. The summed E-state index contributed by atoms with van der Waals surface area (Å²) in [6, 6.07) is 8.15. The Bertz CT molecular complexity index is 1200. The first-order valence-electron chi connectivity index (χ1n) is 11.2. The second kappa shape index (κ2) is 9.46. The number of carbonyl (C=O) groups excluding carboxylic acids is 2. The topological polar surface area (TPSA) is 101 Å². The van der Waals surface area contributed by atoms with Crippen LogP contribution in [0.4, 0.5) is 16.2 Å². The van der Waals surface area contributed by atoms with Gasteiger partial charge < -0.3 is 20.3 Å². The summed E-state index contributed by atoms with van der Waals surface area (Å²) < 4.78 is 7.01. The molecule has 2 N–H and O–H groups in total. The van der Waals surface area contributed by atoms with E-state index in [1.54, 1.807) is 24.1 Å². The molecule has 1 unspecified atom stereocenters. The molecule has 1 atom stereocenters. The number of hydrogen-bond donors (Lipinski definition) is 2. The minimum atomic E-state index is -0.518. The number of rotatable bonds is 5. The molecule has 0 bridgehead atoms.